The number of rotatable bonds is 2. The standard InChI is InChI=1S/C16H11BrO3/c17-11-7-5-10(6-8-11)9-13-15(18)12-3-1-2-4-14(12)20-16(13)19/h1-8,18H,9H2. The highest BCUT2D eigenvalue weighted by Gasteiger charge is 2.13. The minimum atomic E-state index is -0.496. The second-order valence-electron chi connectivity index (χ2n) is 4.52. The van der Waals surface area contributed by atoms with E-state index in [1.807, 2.05) is 24.3 Å². The van der Waals surface area contributed by atoms with E-state index in [-0.39, 0.29) is 11.3 Å². The fourth-order valence-corrected chi connectivity index (χ4v) is 2.40. The van der Waals surface area contributed by atoms with Gasteiger partial charge in [-0.25, -0.2) is 4.79 Å². The molecule has 0 radical (unpaired) electrons. The van der Waals surface area contributed by atoms with Crippen LogP contribution in [0.5, 0.6) is 5.75 Å². The number of para-hydroxylation sites is 1. The monoisotopic (exact) mass is 330 g/mol. The fraction of sp³-hybridized carbons (Fsp3) is 0.0625. The fourth-order valence-electron chi connectivity index (χ4n) is 2.13. The van der Waals surface area contributed by atoms with Crippen LogP contribution in [0.2, 0.25) is 0 Å². The minimum absolute atomic E-state index is 0.000214. The lowest BCUT2D eigenvalue weighted by atomic mass is 10.0. The maximum Gasteiger partial charge on any atom is 0.343 e. The number of hydrogen-bond acceptors (Lipinski definition) is 3. The summed E-state index contributed by atoms with van der Waals surface area (Å²) >= 11 is 3.36. The normalized spacial score (nSPS) is 10.8. The van der Waals surface area contributed by atoms with E-state index in [2.05, 4.69) is 15.9 Å². The van der Waals surface area contributed by atoms with Gasteiger partial charge in [-0.05, 0) is 29.8 Å². The summed E-state index contributed by atoms with van der Waals surface area (Å²) in [5, 5.41) is 10.8. The smallest absolute Gasteiger partial charge is 0.343 e. The Labute approximate surface area is 123 Å². The van der Waals surface area contributed by atoms with Crippen molar-refractivity contribution >= 4 is 26.9 Å². The second-order valence-corrected chi connectivity index (χ2v) is 5.43. The molecule has 0 aliphatic rings. The molecule has 0 saturated heterocycles. The molecule has 4 heteroatoms. The predicted molar refractivity (Wildman–Crippen MR) is 81.1 cm³/mol. The molecular formula is C16H11BrO3. The lowest BCUT2D eigenvalue weighted by molar-refractivity contribution is 0.458. The van der Waals surface area contributed by atoms with E-state index in [4.69, 9.17) is 4.42 Å². The molecule has 0 bridgehead atoms. The van der Waals surface area contributed by atoms with Gasteiger partial charge in [-0.1, -0.05) is 40.2 Å². The average Bonchev–Trinajstić information content (AvgIpc) is 2.45. The van der Waals surface area contributed by atoms with E-state index in [9.17, 15) is 9.90 Å². The van der Waals surface area contributed by atoms with Crippen LogP contribution < -0.4 is 5.63 Å². The molecule has 0 amide bonds. The van der Waals surface area contributed by atoms with Crippen molar-refractivity contribution in [2.45, 2.75) is 6.42 Å². The van der Waals surface area contributed by atoms with Crippen molar-refractivity contribution in [3.63, 3.8) is 0 Å². The van der Waals surface area contributed by atoms with Crippen molar-refractivity contribution in [2.75, 3.05) is 0 Å². The van der Waals surface area contributed by atoms with E-state index < -0.39 is 5.63 Å². The van der Waals surface area contributed by atoms with Gasteiger partial charge >= 0.3 is 5.63 Å². The van der Waals surface area contributed by atoms with Crippen molar-refractivity contribution in [2.24, 2.45) is 0 Å². The predicted octanol–water partition coefficient (Wildman–Crippen LogP) is 3.85. The van der Waals surface area contributed by atoms with Crippen LogP contribution in [-0.4, -0.2) is 5.11 Å². The third-order valence-corrected chi connectivity index (χ3v) is 3.70. The summed E-state index contributed by atoms with van der Waals surface area (Å²) in [6, 6.07) is 14.6. The maximum absolute atomic E-state index is 12.0. The molecule has 3 rings (SSSR count). The summed E-state index contributed by atoms with van der Waals surface area (Å²) in [5.74, 6) is -0.000214. The second kappa shape index (κ2) is 5.13. The zero-order chi connectivity index (χ0) is 14.1. The number of hydrogen-bond donors (Lipinski definition) is 1. The molecule has 0 atom stereocenters. The van der Waals surface area contributed by atoms with Crippen LogP contribution >= 0.6 is 15.9 Å². The summed E-state index contributed by atoms with van der Waals surface area (Å²) in [5.41, 5.74) is 1.12. The summed E-state index contributed by atoms with van der Waals surface area (Å²) in [7, 11) is 0. The van der Waals surface area contributed by atoms with Crippen LogP contribution in [0, 0.1) is 0 Å². The zero-order valence-electron chi connectivity index (χ0n) is 10.5. The van der Waals surface area contributed by atoms with Gasteiger partial charge in [-0.2, -0.15) is 0 Å². The molecular weight excluding hydrogens is 320 g/mol. The third-order valence-electron chi connectivity index (χ3n) is 3.17. The topological polar surface area (TPSA) is 50.4 Å². The number of halogens is 1. The first kappa shape index (κ1) is 12.9. The van der Waals surface area contributed by atoms with Crippen LogP contribution in [0.1, 0.15) is 11.1 Å². The first-order valence-electron chi connectivity index (χ1n) is 6.13. The Morgan fingerprint density at radius 3 is 2.50 bits per heavy atom. The number of benzene rings is 2. The average molecular weight is 331 g/mol. The summed E-state index contributed by atoms with van der Waals surface area (Å²) in [4.78, 5) is 12.0. The number of aromatic hydroxyl groups is 1. The summed E-state index contributed by atoms with van der Waals surface area (Å²) < 4.78 is 6.21. The molecule has 100 valence electrons. The highest BCUT2D eigenvalue weighted by atomic mass is 79.9. The third kappa shape index (κ3) is 2.34. The Morgan fingerprint density at radius 1 is 1.05 bits per heavy atom. The molecule has 3 aromatic rings. The van der Waals surface area contributed by atoms with Crippen LogP contribution in [0.15, 0.2) is 62.2 Å². The Balaban J connectivity index is 2.11. The van der Waals surface area contributed by atoms with Gasteiger partial charge in [0.1, 0.15) is 11.3 Å². The lowest BCUT2D eigenvalue weighted by Gasteiger charge is -2.06. The van der Waals surface area contributed by atoms with Crippen LogP contribution in [0.3, 0.4) is 0 Å². The van der Waals surface area contributed by atoms with Crippen LogP contribution in [0.4, 0.5) is 0 Å². The molecule has 20 heavy (non-hydrogen) atoms. The van der Waals surface area contributed by atoms with Crippen molar-refractivity contribution in [3.05, 3.63) is 74.6 Å². The van der Waals surface area contributed by atoms with Crippen molar-refractivity contribution < 1.29 is 9.52 Å². The van der Waals surface area contributed by atoms with Crippen molar-refractivity contribution in [1.82, 2.24) is 0 Å². The Bertz CT molecular complexity index is 819. The van der Waals surface area contributed by atoms with Gasteiger partial charge in [0.15, 0.2) is 0 Å². The first-order chi connectivity index (χ1) is 9.65. The van der Waals surface area contributed by atoms with E-state index in [1.165, 1.54) is 0 Å². The van der Waals surface area contributed by atoms with E-state index in [0.29, 0.717) is 17.4 Å². The molecule has 1 aromatic heterocycles. The molecule has 0 spiro atoms. The highest BCUT2D eigenvalue weighted by molar-refractivity contribution is 9.10. The van der Waals surface area contributed by atoms with Gasteiger partial charge in [0.05, 0.1) is 10.9 Å². The van der Waals surface area contributed by atoms with Crippen LogP contribution in [0.25, 0.3) is 11.0 Å². The summed E-state index contributed by atoms with van der Waals surface area (Å²) in [6.07, 6.45) is 0.340. The van der Waals surface area contributed by atoms with Gasteiger partial charge in [0, 0.05) is 10.9 Å². The van der Waals surface area contributed by atoms with Crippen molar-refractivity contribution in [3.8, 4) is 5.75 Å². The maximum atomic E-state index is 12.0. The van der Waals surface area contributed by atoms with E-state index in [0.717, 1.165) is 10.0 Å². The lowest BCUT2D eigenvalue weighted by Crippen LogP contribution is -2.08. The Kier molecular flexibility index (Phi) is 3.32. The SMILES string of the molecule is O=c1oc2ccccc2c(O)c1Cc1ccc(Br)cc1. The molecule has 1 heterocycles. The molecule has 2 aromatic carbocycles. The van der Waals surface area contributed by atoms with Gasteiger partial charge in [0.2, 0.25) is 0 Å². The molecule has 0 aliphatic heterocycles. The van der Waals surface area contributed by atoms with E-state index >= 15 is 0 Å². The molecule has 0 aliphatic carbocycles. The first-order valence-corrected chi connectivity index (χ1v) is 6.92. The molecule has 0 unspecified atom stereocenters. The van der Waals surface area contributed by atoms with Gasteiger partial charge in [-0.15, -0.1) is 0 Å². The van der Waals surface area contributed by atoms with Crippen molar-refractivity contribution in [1.29, 1.82) is 0 Å². The van der Waals surface area contributed by atoms with E-state index in [1.54, 1.807) is 24.3 Å². The molecule has 1 N–H and O–H groups in total. The Morgan fingerprint density at radius 2 is 1.75 bits per heavy atom. The largest absolute Gasteiger partial charge is 0.507 e. The number of fused-ring (bicyclic) bond motifs is 1. The van der Waals surface area contributed by atoms with Gasteiger partial charge < -0.3 is 9.52 Å². The Hall–Kier alpha value is -2.07. The zero-order valence-corrected chi connectivity index (χ0v) is 12.1. The van der Waals surface area contributed by atoms with Crippen LogP contribution in [-0.2, 0) is 6.42 Å². The molecule has 0 saturated carbocycles. The summed E-state index contributed by atoms with van der Waals surface area (Å²) in [6.45, 7) is 0. The van der Waals surface area contributed by atoms with Gasteiger partial charge in [-0.3, -0.25) is 0 Å². The minimum Gasteiger partial charge on any atom is -0.507 e. The van der Waals surface area contributed by atoms with Gasteiger partial charge in [0.25, 0.3) is 0 Å². The highest BCUT2D eigenvalue weighted by Crippen LogP contribution is 2.27. The molecule has 0 fully saturated rings. The molecule has 3 nitrogen and oxygen atoms in total. The quantitative estimate of drug-likeness (QED) is 0.726.